The largest absolute Gasteiger partial charge is 0.396 e. The summed E-state index contributed by atoms with van der Waals surface area (Å²) in [4.78, 5) is 0. The third-order valence-electron chi connectivity index (χ3n) is 8.50. The van der Waals surface area contributed by atoms with Crippen LogP contribution in [0.1, 0.15) is 65.7 Å². The van der Waals surface area contributed by atoms with E-state index in [1.807, 2.05) is 0 Å². The van der Waals surface area contributed by atoms with E-state index in [1.165, 1.54) is 25.7 Å². The SMILES string of the molecule is C[C@@]12C=C[C@]3(C1)[C@@H](O)C[C@@H]1[C@@](C)(CO)CCC[C@@]1(C)[C@@H]3CC2. The molecule has 4 rings (SSSR count). The molecule has 2 bridgehead atoms. The van der Waals surface area contributed by atoms with E-state index in [4.69, 9.17) is 0 Å². The highest BCUT2D eigenvalue weighted by atomic mass is 16.3. The van der Waals surface area contributed by atoms with Crippen LogP contribution >= 0.6 is 0 Å². The predicted octanol–water partition coefficient (Wildman–Crippen LogP) is 3.92. The summed E-state index contributed by atoms with van der Waals surface area (Å²) in [6, 6.07) is 0. The van der Waals surface area contributed by atoms with Crippen molar-refractivity contribution in [2.75, 3.05) is 6.61 Å². The molecule has 3 fully saturated rings. The molecule has 0 unspecified atom stereocenters. The second-order valence-electron chi connectivity index (χ2n) is 9.84. The van der Waals surface area contributed by atoms with Gasteiger partial charge in [-0.1, -0.05) is 39.3 Å². The molecule has 0 aliphatic heterocycles. The molecule has 0 aromatic rings. The van der Waals surface area contributed by atoms with E-state index in [2.05, 4.69) is 32.9 Å². The maximum Gasteiger partial charge on any atom is 0.0637 e. The lowest BCUT2D eigenvalue weighted by Crippen LogP contribution is -2.62. The molecule has 2 nitrogen and oxygen atoms in total. The summed E-state index contributed by atoms with van der Waals surface area (Å²) < 4.78 is 0. The van der Waals surface area contributed by atoms with E-state index in [0.29, 0.717) is 17.3 Å². The van der Waals surface area contributed by atoms with E-state index in [0.717, 1.165) is 19.3 Å². The molecule has 3 saturated carbocycles. The lowest BCUT2D eigenvalue weighted by atomic mass is 9.39. The fourth-order valence-corrected chi connectivity index (χ4v) is 7.35. The topological polar surface area (TPSA) is 40.5 Å². The Labute approximate surface area is 135 Å². The van der Waals surface area contributed by atoms with Crippen molar-refractivity contribution in [2.45, 2.75) is 71.8 Å². The molecule has 22 heavy (non-hydrogen) atoms. The van der Waals surface area contributed by atoms with E-state index in [1.54, 1.807) is 0 Å². The van der Waals surface area contributed by atoms with Crippen LogP contribution < -0.4 is 0 Å². The van der Waals surface area contributed by atoms with E-state index in [-0.39, 0.29) is 29.0 Å². The quantitative estimate of drug-likeness (QED) is 0.721. The summed E-state index contributed by atoms with van der Waals surface area (Å²) in [7, 11) is 0. The molecule has 0 radical (unpaired) electrons. The van der Waals surface area contributed by atoms with Gasteiger partial charge in [0.15, 0.2) is 0 Å². The summed E-state index contributed by atoms with van der Waals surface area (Å²) in [6.07, 6.45) is 12.7. The first-order valence-electron chi connectivity index (χ1n) is 9.27. The van der Waals surface area contributed by atoms with Gasteiger partial charge >= 0.3 is 0 Å². The summed E-state index contributed by atoms with van der Waals surface area (Å²) in [6.45, 7) is 7.39. The molecule has 4 aliphatic carbocycles. The minimum Gasteiger partial charge on any atom is -0.396 e. The van der Waals surface area contributed by atoms with Gasteiger partial charge in [-0.05, 0) is 66.6 Å². The Morgan fingerprint density at radius 3 is 2.55 bits per heavy atom. The van der Waals surface area contributed by atoms with Gasteiger partial charge in [0.1, 0.15) is 0 Å². The van der Waals surface area contributed by atoms with Crippen molar-refractivity contribution in [2.24, 2.45) is 33.5 Å². The Balaban J connectivity index is 1.78. The van der Waals surface area contributed by atoms with E-state index in [9.17, 15) is 10.2 Å². The number of rotatable bonds is 1. The summed E-state index contributed by atoms with van der Waals surface area (Å²) >= 11 is 0. The van der Waals surface area contributed by atoms with Crippen LogP contribution in [0.5, 0.6) is 0 Å². The molecule has 7 atom stereocenters. The standard InChI is InChI=1S/C20H32O2/c1-17-8-5-14-19(3)7-4-6-18(2,13-21)15(19)11-16(22)20(14,12-17)10-9-17/h9-10,14-16,21-22H,4-8,11-13H2,1-3H3/t14-,15+,16-,17+,18+,19-,20+/m0/s1. The first kappa shape index (κ1) is 15.2. The second kappa shape index (κ2) is 4.39. The molecule has 2 heteroatoms. The van der Waals surface area contributed by atoms with Crippen LogP contribution in [0.2, 0.25) is 0 Å². The average Bonchev–Trinajstić information content (AvgIpc) is 2.74. The van der Waals surface area contributed by atoms with Crippen molar-refractivity contribution >= 4 is 0 Å². The number of aliphatic hydroxyl groups is 2. The van der Waals surface area contributed by atoms with Crippen molar-refractivity contribution in [3.05, 3.63) is 12.2 Å². The number of hydrogen-bond donors (Lipinski definition) is 2. The maximum absolute atomic E-state index is 11.1. The van der Waals surface area contributed by atoms with Crippen LogP contribution in [0.15, 0.2) is 12.2 Å². The van der Waals surface area contributed by atoms with Crippen molar-refractivity contribution < 1.29 is 10.2 Å². The highest BCUT2D eigenvalue weighted by Crippen LogP contribution is 2.71. The monoisotopic (exact) mass is 304 g/mol. The van der Waals surface area contributed by atoms with Crippen LogP contribution in [-0.4, -0.2) is 22.9 Å². The normalized spacial score (nSPS) is 60.0. The Morgan fingerprint density at radius 2 is 1.82 bits per heavy atom. The van der Waals surface area contributed by atoms with Gasteiger partial charge < -0.3 is 10.2 Å². The summed E-state index contributed by atoms with van der Waals surface area (Å²) in [5, 5.41) is 21.2. The molecular formula is C20H32O2. The molecule has 0 aromatic carbocycles. The highest BCUT2D eigenvalue weighted by molar-refractivity contribution is 5.27. The minimum atomic E-state index is -0.224. The van der Waals surface area contributed by atoms with Gasteiger partial charge in [0.25, 0.3) is 0 Å². The van der Waals surface area contributed by atoms with Gasteiger partial charge in [-0.3, -0.25) is 0 Å². The molecular weight excluding hydrogens is 272 g/mol. The van der Waals surface area contributed by atoms with Crippen LogP contribution in [0, 0.1) is 33.5 Å². The fraction of sp³-hybridized carbons (Fsp3) is 0.900. The van der Waals surface area contributed by atoms with Gasteiger partial charge in [-0.2, -0.15) is 0 Å². The van der Waals surface area contributed by atoms with Gasteiger partial charge in [-0.15, -0.1) is 0 Å². The lowest BCUT2D eigenvalue weighted by Gasteiger charge is -2.66. The molecule has 0 amide bonds. The molecule has 124 valence electrons. The van der Waals surface area contributed by atoms with Crippen LogP contribution in [0.3, 0.4) is 0 Å². The summed E-state index contributed by atoms with van der Waals surface area (Å²) in [5.41, 5.74) is 0.616. The number of allylic oxidation sites excluding steroid dienone is 1. The zero-order valence-corrected chi connectivity index (χ0v) is 14.4. The first-order valence-corrected chi connectivity index (χ1v) is 9.27. The minimum absolute atomic E-state index is 0.00133. The third-order valence-corrected chi connectivity index (χ3v) is 8.50. The van der Waals surface area contributed by atoms with Crippen molar-refractivity contribution in [1.29, 1.82) is 0 Å². The van der Waals surface area contributed by atoms with Gasteiger partial charge in [0.05, 0.1) is 6.10 Å². The molecule has 0 heterocycles. The van der Waals surface area contributed by atoms with E-state index >= 15 is 0 Å². The third kappa shape index (κ3) is 1.69. The highest BCUT2D eigenvalue weighted by Gasteiger charge is 2.66. The van der Waals surface area contributed by atoms with Gasteiger partial charge in [-0.25, -0.2) is 0 Å². The van der Waals surface area contributed by atoms with Crippen LogP contribution in [0.4, 0.5) is 0 Å². The Morgan fingerprint density at radius 1 is 1.05 bits per heavy atom. The number of fused-ring (bicyclic) bond motifs is 3. The Kier molecular flexibility index (Phi) is 3.03. The van der Waals surface area contributed by atoms with Crippen LogP contribution in [0.25, 0.3) is 0 Å². The van der Waals surface area contributed by atoms with Gasteiger partial charge in [0, 0.05) is 12.0 Å². The van der Waals surface area contributed by atoms with E-state index < -0.39 is 0 Å². The first-order chi connectivity index (χ1) is 10.3. The lowest BCUT2D eigenvalue weighted by molar-refractivity contribution is -0.198. The van der Waals surface area contributed by atoms with Gasteiger partial charge in [0.2, 0.25) is 0 Å². The van der Waals surface area contributed by atoms with Crippen molar-refractivity contribution in [1.82, 2.24) is 0 Å². The Hall–Kier alpha value is -0.340. The van der Waals surface area contributed by atoms with Crippen LogP contribution in [-0.2, 0) is 0 Å². The zero-order chi connectivity index (χ0) is 15.8. The van der Waals surface area contributed by atoms with Crippen molar-refractivity contribution in [3.8, 4) is 0 Å². The zero-order valence-electron chi connectivity index (χ0n) is 14.4. The number of hydrogen-bond acceptors (Lipinski definition) is 2. The number of aliphatic hydroxyl groups excluding tert-OH is 2. The molecule has 1 spiro atoms. The van der Waals surface area contributed by atoms with Crippen molar-refractivity contribution in [3.63, 3.8) is 0 Å². The molecule has 4 aliphatic rings. The molecule has 0 aromatic heterocycles. The fourth-order valence-electron chi connectivity index (χ4n) is 7.35. The smallest absolute Gasteiger partial charge is 0.0637 e. The average molecular weight is 304 g/mol. The Bertz CT molecular complexity index is 514. The summed E-state index contributed by atoms with van der Waals surface area (Å²) in [5.74, 6) is 1.05. The predicted molar refractivity (Wildman–Crippen MR) is 88.3 cm³/mol. The molecule has 0 saturated heterocycles. The molecule has 2 N–H and O–H groups in total. The maximum atomic E-state index is 11.1. The second-order valence-corrected chi connectivity index (χ2v) is 9.84.